The first-order valence-corrected chi connectivity index (χ1v) is 5.69. The van der Waals surface area contributed by atoms with Crippen molar-refractivity contribution in [2.24, 2.45) is 0 Å². The number of amides is 1. The van der Waals surface area contributed by atoms with Crippen molar-refractivity contribution in [2.45, 2.75) is 6.18 Å². The molecule has 1 rings (SSSR count). The first kappa shape index (κ1) is 15.0. The van der Waals surface area contributed by atoms with Gasteiger partial charge in [0.1, 0.15) is 0 Å². The van der Waals surface area contributed by atoms with E-state index in [1.807, 2.05) is 0 Å². The summed E-state index contributed by atoms with van der Waals surface area (Å²) < 4.78 is 36.4. The Balaban J connectivity index is 3.24. The number of benzene rings is 1. The van der Waals surface area contributed by atoms with Crippen LogP contribution in [0.3, 0.4) is 0 Å². The molecule has 0 atom stereocenters. The standard InChI is InChI=1S/C9H4ClF3INO3/c10-3-1-4(7(16)17)6(5(14)2-3)15-8(18)9(11,12)13/h1-2H,(H,15,18)(H,16,17). The van der Waals surface area contributed by atoms with E-state index in [9.17, 15) is 22.8 Å². The lowest BCUT2D eigenvalue weighted by atomic mass is 10.2. The van der Waals surface area contributed by atoms with E-state index in [1.54, 1.807) is 22.6 Å². The molecule has 0 heterocycles. The van der Waals surface area contributed by atoms with Crippen molar-refractivity contribution in [3.05, 3.63) is 26.3 Å². The molecule has 1 aromatic rings. The third kappa shape index (κ3) is 3.48. The predicted molar refractivity (Wildman–Crippen MR) is 65.8 cm³/mol. The van der Waals surface area contributed by atoms with Crippen LogP contribution in [0.2, 0.25) is 5.02 Å². The summed E-state index contributed by atoms with van der Waals surface area (Å²) >= 11 is 7.17. The van der Waals surface area contributed by atoms with E-state index in [-0.39, 0.29) is 8.59 Å². The van der Waals surface area contributed by atoms with Crippen LogP contribution in [0.5, 0.6) is 0 Å². The maximum Gasteiger partial charge on any atom is 0.471 e. The molecule has 18 heavy (non-hydrogen) atoms. The van der Waals surface area contributed by atoms with E-state index >= 15 is 0 Å². The minimum Gasteiger partial charge on any atom is -0.478 e. The number of aromatic carboxylic acids is 1. The lowest BCUT2D eigenvalue weighted by Crippen LogP contribution is -2.31. The molecular weight excluding hydrogens is 389 g/mol. The predicted octanol–water partition coefficient (Wildman–Crippen LogP) is 3.14. The van der Waals surface area contributed by atoms with Gasteiger partial charge in [0.15, 0.2) is 0 Å². The lowest BCUT2D eigenvalue weighted by Gasteiger charge is -2.12. The Bertz CT molecular complexity index is 519. The van der Waals surface area contributed by atoms with Crippen LogP contribution in [0.1, 0.15) is 10.4 Å². The number of halogens is 5. The Morgan fingerprint density at radius 1 is 1.33 bits per heavy atom. The minimum atomic E-state index is -5.10. The first-order valence-electron chi connectivity index (χ1n) is 4.23. The molecule has 0 radical (unpaired) electrons. The molecule has 4 nitrogen and oxygen atoms in total. The molecule has 0 aliphatic rings. The number of nitrogens with one attached hydrogen (secondary N) is 1. The van der Waals surface area contributed by atoms with E-state index in [2.05, 4.69) is 0 Å². The fourth-order valence-electron chi connectivity index (χ4n) is 1.05. The van der Waals surface area contributed by atoms with Gasteiger partial charge in [0, 0.05) is 8.59 Å². The largest absolute Gasteiger partial charge is 0.478 e. The molecule has 1 amide bonds. The van der Waals surface area contributed by atoms with Gasteiger partial charge in [-0.15, -0.1) is 0 Å². The number of carbonyl (C=O) groups excluding carboxylic acids is 1. The topological polar surface area (TPSA) is 66.4 Å². The average Bonchev–Trinajstić information content (AvgIpc) is 2.19. The second kappa shape index (κ2) is 5.31. The molecule has 0 unspecified atom stereocenters. The first-order chi connectivity index (χ1) is 8.12. The molecule has 0 aliphatic heterocycles. The zero-order valence-electron chi connectivity index (χ0n) is 8.31. The normalized spacial score (nSPS) is 11.2. The molecule has 1 aromatic carbocycles. The molecule has 0 bridgehead atoms. The number of hydrogen-bond donors (Lipinski definition) is 2. The summed E-state index contributed by atoms with van der Waals surface area (Å²) in [6.07, 6.45) is -5.10. The maximum atomic E-state index is 12.1. The zero-order valence-corrected chi connectivity index (χ0v) is 11.2. The summed E-state index contributed by atoms with van der Waals surface area (Å²) in [5.41, 5.74) is -0.945. The number of rotatable bonds is 2. The van der Waals surface area contributed by atoms with Crippen molar-refractivity contribution in [1.82, 2.24) is 0 Å². The molecule has 0 spiro atoms. The molecule has 98 valence electrons. The van der Waals surface area contributed by atoms with Crippen molar-refractivity contribution < 1.29 is 27.9 Å². The highest BCUT2D eigenvalue weighted by atomic mass is 127. The minimum absolute atomic E-state index is 0.0433. The van der Waals surface area contributed by atoms with Crippen LogP contribution in [-0.2, 0) is 4.79 Å². The number of anilines is 1. The van der Waals surface area contributed by atoms with Crippen LogP contribution in [0.15, 0.2) is 12.1 Å². The van der Waals surface area contributed by atoms with Gasteiger partial charge in [-0.1, -0.05) is 11.6 Å². The Morgan fingerprint density at radius 2 is 1.89 bits per heavy atom. The molecule has 9 heteroatoms. The SMILES string of the molecule is O=C(O)c1cc(Cl)cc(I)c1NC(=O)C(F)(F)F. The van der Waals surface area contributed by atoms with E-state index in [4.69, 9.17) is 16.7 Å². The molecule has 0 saturated carbocycles. The number of carboxylic acid groups (broad SMARTS) is 1. The number of carboxylic acids is 1. The van der Waals surface area contributed by atoms with E-state index < -0.39 is 29.3 Å². The van der Waals surface area contributed by atoms with Gasteiger partial charge in [-0.25, -0.2) is 4.79 Å². The zero-order chi connectivity index (χ0) is 14.1. The monoisotopic (exact) mass is 393 g/mol. The third-order valence-corrected chi connectivity index (χ3v) is 2.85. The summed E-state index contributed by atoms with van der Waals surface area (Å²) in [5, 5.41) is 10.4. The number of alkyl halides is 3. The Morgan fingerprint density at radius 3 is 2.33 bits per heavy atom. The summed E-state index contributed by atoms with van der Waals surface area (Å²) in [4.78, 5) is 21.6. The van der Waals surface area contributed by atoms with Gasteiger partial charge in [0.2, 0.25) is 0 Å². The van der Waals surface area contributed by atoms with Crippen LogP contribution in [0, 0.1) is 3.57 Å². The second-order valence-electron chi connectivity index (χ2n) is 3.07. The van der Waals surface area contributed by atoms with Gasteiger partial charge in [-0.05, 0) is 34.7 Å². The quantitative estimate of drug-likeness (QED) is 0.759. The second-order valence-corrected chi connectivity index (χ2v) is 4.67. The molecule has 2 N–H and O–H groups in total. The van der Waals surface area contributed by atoms with Gasteiger partial charge in [0.25, 0.3) is 0 Å². The summed E-state index contributed by atoms with van der Waals surface area (Å²) in [7, 11) is 0. The average molecular weight is 393 g/mol. The number of hydrogen-bond acceptors (Lipinski definition) is 2. The smallest absolute Gasteiger partial charge is 0.471 e. The van der Waals surface area contributed by atoms with Crippen LogP contribution in [-0.4, -0.2) is 23.2 Å². The van der Waals surface area contributed by atoms with Gasteiger partial charge in [-0.3, -0.25) is 4.79 Å². The Labute approximate surface area is 117 Å². The van der Waals surface area contributed by atoms with Crippen molar-refractivity contribution in [3.8, 4) is 0 Å². The van der Waals surface area contributed by atoms with Crippen molar-refractivity contribution in [3.63, 3.8) is 0 Å². The summed E-state index contributed by atoms with van der Waals surface area (Å²) in [6, 6.07) is 2.19. The molecule has 0 aromatic heterocycles. The van der Waals surface area contributed by atoms with E-state index in [0.717, 1.165) is 6.07 Å². The highest BCUT2D eigenvalue weighted by molar-refractivity contribution is 14.1. The molecule has 0 fully saturated rings. The Hall–Kier alpha value is -1.03. The van der Waals surface area contributed by atoms with E-state index in [0.29, 0.717) is 0 Å². The maximum absolute atomic E-state index is 12.1. The molecular formula is C9H4ClF3INO3. The summed E-state index contributed by atoms with van der Waals surface area (Å²) in [5.74, 6) is -3.74. The fraction of sp³-hybridized carbons (Fsp3) is 0.111. The van der Waals surface area contributed by atoms with Gasteiger partial charge >= 0.3 is 18.1 Å². The van der Waals surface area contributed by atoms with Crippen LogP contribution in [0.25, 0.3) is 0 Å². The Kier molecular flexibility index (Phi) is 4.43. The highest BCUT2D eigenvalue weighted by Crippen LogP contribution is 2.29. The van der Waals surface area contributed by atoms with Gasteiger partial charge in [0.05, 0.1) is 11.3 Å². The van der Waals surface area contributed by atoms with Crippen molar-refractivity contribution in [1.29, 1.82) is 0 Å². The van der Waals surface area contributed by atoms with Gasteiger partial charge in [-0.2, -0.15) is 13.2 Å². The fourth-order valence-corrected chi connectivity index (χ4v) is 2.22. The molecule has 0 aliphatic carbocycles. The van der Waals surface area contributed by atoms with E-state index in [1.165, 1.54) is 11.4 Å². The van der Waals surface area contributed by atoms with Crippen LogP contribution >= 0.6 is 34.2 Å². The van der Waals surface area contributed by atoms with Crippen LogP contribution < -0.4 is 5.32 Å². The van der Waals surface area contributed by atoms with Crippen molar-refractivity contribution >= 4 is 51.8 Å². The third-order valence-electron chi connectivity index (χ3n) is 1.78. The number of carbonyl (C=O) groups is 2. The lowest BCUT2D eigenvalue weighted by molar-refractivity contribution is -0.167. The highest BCUT2D eigenvalue weighted by Gasteiger charge is 2.39. The molecule has 0 saturated heterocycles. The summed E-state index contributed by atoms with van der Waals surface area (Å²) in [6.45, 7) is 0. The van der Waals surface area contributed by atoms with Gasteiger partial charge < -0.3 is 10.4 Å². The van der Waals surface area contributed by atoms with Crippen LogP contribution in [0.4, 0.5) is 18.9 Å². The van der Waals surface area contributed by atoms with Crippen molar-refractivity contribution in [2.75, 3.05) is 5.32 Å².